The molecular weight excluding hydrogens is 373 g/mol. The molecule has 1 aliphatic heterocycles. The molecule has 0 fully saturated rings. The van der Waals surface area contributed by atoms with Gasteiger partial charge in [-0.3, -0.25) is 0 Å². The largest absolute Gasteiger partial charge is 0.383 e. The summed E-state index contributed by atoms with van der Waals surface area (Å²) in [4.78, 5) is 14.6. The van der Waals surface area contributed by atoms with Crippen molar-refractivity contribution in [3.63, 3.8) is 0 Å². The molecule has 1 aromatic carbocycles. The molecular formula is C21H30FN5O2. The molecule has 0 bridgehead atoms. The highest BCUT2D eigenvalue weighted by Gasteiger charge is 2.33. The van der Waals surface area contributed by atoms with Crippen LogP contribution in [0, 0.1) is 11.2 Å². The zero-order valence-electron chi connectivity index (χ0n) is 17.4. The summed E-state index contributed by atoms with van der Waals surface area (Å²) in [5.41, 5.74) is 2.18. The van der Waals surface area contributed by atoms with Crippen molar-refractivity contribution in [1.82, 2.24) is 25.3 Å². The molecule has 0 saturated heterocycles. The first kappa shape index (κ1) is 21.3. The zero-order valence-corrected chi connectivity index (χ0v) is 17.4. The summed E-state index contributed by atoms with van der Waals surface area (Å²) in [7, 11) is 1.66. The predicted molar refractivity (Wildman–Crippen MR) is 110 cm³/mol. The first-order chi connectivity index (χ1) is 13.9. The van der Waals surface area contributed by atoms with Crippen LogP contribution < -0.4 is 10.6 Å². The fraction of sp³-hybridized carbons (Fsp3) is 0.524. The highest BCUT2D eigenvalue weighted by Crippen LogP contribution is 2.31. The molecule has 2 aromatic rings. The zero-order chi connectivity index (χ0) is 20.9. The van der Waals surface area contributed by atoms with E-state index < -0.39 is 0 Å². The van der Waals surface area contributed by atoms with Gasteiger partial charge >= 0.3 is 6.03 Å². The van der Waals surface area contributed by atoms with Gasteiger partial charge in [-0.1, -0.05) is 26.0 Å². The maximum atomic E-state index is 14.3. The molecule has 158 valence electrons. The van der Waals surface area contributed by atoms with E-state index in [1.54, 1.807) is 36.2 Å². The molecule has 0 unspecified atom stereocenters. The van der Waals surface area contributed by atoms with Crippen LogP contribution in [0.2, 0.25) is 0 Å². The molecule has 1 aliphatic rings. The molecule has 0 atom stereocenters. The molecule has 0 radical (unpaired) electrons. The number of urea groups is 1. The van der Waals surface area contributed by atoms with Crippen LogP contribution in [0.5, 0.6) is 0 Å². The van der Waals surface area contributed by atoms with E-state index in [2.05, 4.69) is 29.6 Å². The third kappa shape index (κ3) is 5.33. The van der Waals surface area contributed by atoms with Gasteiger partial charge in [0.15, 0.2) is 0 Å². The van der Waals surface area contributed by atoms with E-state index in [0.717, 1.165) is 17.8 Å². The summed E-state index contributed by atoms with van der Waals surface area (Å²) < 4.78 is 21.0. The van der Waals surface area contributed by atoms with Gasteiger partial charge in [-0.2, -0.15) is 5.10 Å². The molecule has 2 heterocycles. The van der Waals surface area contributed by atoms with E-state index in [-0.39, 0.29) is 17.3 Å². The molecule has 2 amide bonds. The van der Waals surface area contributed by atoms with Crippen LogP contribution in [0.15, 0.2) is 30.5 Å². The number of amides is 2. The Bertz CT molecular complexity index is 836. The quantitative estimate of drug-likeness (QED) is 0.696. The third-order valence-corrected chi connectivity index (χ3v) is 5.01. The van der Waals surface area contributed by atoms with Crippen molar-refractivity contribution in [1.29, 1.82) is 0 Å². The Morgan fingerprint density at radius 3 is 2.83 bits per heavy atom. The first-order valence-corrected chi connectivity index (χ1v) is 9.94. The van der Waals surface area contributed by atoms with E-state index in [4.69, 9.17) is 4.74 Å². The van der Waals surface area contributed by atoms with E-state index in [0.29, 0.717) is 44.9 Å². The second-order valence-electron chi connectivity index (χ2n) is 8.15. The van der Waals surface area contributed by atoms with Gasteiger partial charge in [0.1, 0.15) is 11.5 Å². The summed E-state index contributed by atoms with van der Waals surface area (Å²) in [6.45, 7) is 7.92. The fourth-order valence-electron chi connectivity index (χ4n) is 3.66. The number of aromatic nitrogens is 2. The van der Waals surface area contributed by atoms with E-state index in [1.165, 1.54) is 6.07 Å². The lowest BCUT2D eigenvalue weighted by Crippen LogP contribution is -2.45. The number of ether oxygens (including phenoxy) is 1. The van der Waals surface area contributed by atoms with E-state index >= 15 is 0 Å². The standard InChI is InChI=1S/C21H30FN5O2/c1-21(2)12-19-16(13-25-27(19)18-7-5-4-6-17(18)22)14-26(15-21)20(28)24-9-8-23-10-11-29-3/h4-7,13,23H,8-12,14-15H2,1-3H3,(H,24,28). The van der Waals surface area contributed by atoms with Crippen molar-refractivity contribution in [2.75, 3.05) is 39.9 Å². The molecule has 3 rings (SSSR count). The lowest BCUT2D eigenvalue weighted by Gasteiger charge is -2.30. The highest BCUT2D eigenvalue weighted by molar-refractivity contribution is 5.74. The molecule has 29 heavy (non-hydrogen) atoms. The van der Waals surface area contributed by atoms with Crippen LogP contribution in [0.3, 0.4) is 0 Å². The second kappa shape index (κ2) is 9.37. The Balaban J connectivity index is 1.72. The summed E-state index contributed by atoms with van der Waals surface area (Å²) in [6.07, 6.45) is 2.45. The minimum Gasteiger partial charge on any atom is -0.383 e. The van der Waals surface area contributed by atoms with Crippen molar-refractivity contribution in [3.05, 3.63) is 47.5 Å². The van der Waals surface area contributed by atoms with E-state index in [1.807, 2.05) is 4.90 Å². The average Bonchev–Trinajstić information content (AvgIpc) is 2.98. The summed E-state index contributed by atoms with van der Waals surface area (Å²) >= 11 is 0. The maximum absolute atomic E-state index is 14.3. The van der Waals surface area contributed by atoms with E-state index in [9.17, 15) is 9.18 Å². The maximum Gasteiger partial charge on any atom is 0.317 e. The van der Waals surface area contributed by atoms with Crippen LogP contribution in [-0.4, -0.2) is 60.6 Å². The van der Waals surface area contributed by atoms with Crippen molar-refractivity contribution in [2.45, 2.75) is 26.8 Å². The number of carbonyl (C=O) groups is 1. The number of carbonyl (C=O) groups excluding carboxylic acids is 1. The molecule has 0 spiro atoms. The lowest BCUT2D eigenvalue weighted by molar-refractivity contribution is 0.168. The SMILES string of the molecule is COCCNCCNC(=O)N1Cc2cnn(-c3ccccc3F)c2CC(C)(C)C1. The van der Waals surface area contributed by atoms with Gasteiger partial charge in [-0.05, 0) is 24.0 Å². The molecule has 7 nitrogen and oxygen atoms in total. The van der Waals surface area contributed by atoms with Crippen molar-refractivity contribution in [2.24, 2.45) is 5.41 Å². The second-order valence-corrected chi connectivity index (χ2v) is 8.15. The Kier molecular flexibility index (Phi) is 6.87. The Morgan fingerprint density at radius 2 is 2.07 bits per heavy atom. The summed E-state index contributed by atoms with van der Waals surface area (Å²) in [6, 6.07) is 6.53. The van der Waals surface area contributed by atoms with Crippen LogP contribution in [0.25, 0.3) is 5.69 Å². The molecule has 0 aliphatic carbocycles. The number of methoxy groups -OCH3 is 1. The molecule has 0 saturated carbocycles. The van der Waals surface area contributed by atoms with Gasteiger partial charge in [0.25, 0.3) is 0 Å². The smallest absolute Gasteiger partial charge is 0.317 e. The van der Waals surface area contributed by atoms with Crippen molar-refractivity contribution >= 4 is 6.03 Å². The predicted octanol–water partition coefficient (Wildman–Crippen LogP) is 2.34. The van der Waals surface area contributed by atoms with Gasteiger partial charge in [0.2, 0.25) is 0 Å². The van der Waals surface area contributed by atoms with Gasteiger partial charge in [-0.25, -0.2) is 13.9 Å². The number of rotatable bonds is 7. The van der Waals surface area contributed by atoms with Gasteiger partial charge in [-0.15, -0.1) is 0 Å². The Morgan fingerprint density at radius 1 is 1.28 bits per heavy atom. The topological polar surface area (TPSA) is 71.4 Å². The number of benzene rings is 1. The number of halogens is 1. The average molecular weight is 404 g/mol. The van der Waals surface area contributed by atoms with Crippen molar-refractivity contribution < 1.29 is 13.9 Å². The third-order valence-electron chi connectivity index (χ3n) is 5.01. The number of nitrogens with one attached hydrogen (secondary N) is 2. The minimum atomic E-state index is -0.309. The number of hydrogen-bond acceptors (Lipinski definition) is 4. The molecule has 8 heteroatoms. The fourth-order valence-corrected chi connectivity index (χ4v) is 3.66. The van der Waals surface area contributed by atoms with Gasteiger partial charge in [0.05, 0.1) is 19.3 Å². The number of fused-ring (bicyclic) bond motifs is 1. The lowest BCUT2D eigenvalue weighted by atomic mass is 9.87. The first-order valence-electron chi connectivity index (χ1n) is 9.94. The summed E-state index contributed by atoms with van der Waals surface area (Å²) in [5, 5.41) is 10.6. The van der Waals surface area contributed by atoms with Crippen molar-refractivity contribution in [3.8, 4) is 5.69 Å². The van der Waals surface area contributed by atoms with Crippen LogP contribution in [0.1, 0.15) is 25.1 Å². The molecule has 2 N–H and O–H groups in total. The minimum absolute atomic E-state index is 0.0990. The van der Waals surface area contributed by atoms with Gasteiger partial charge < -0.3 is 20.3 Å². The number of hydrogen-bond donors (Lipinski definition) is 2. The normalized spacial score (nSPS) is 15.7. The van der Waals surface area contributed by atoms with Crippen LogP contribution >= 0.6 is 0 Å². The highest BCUT2D eigenvalue weighted by atomic mass is 19.1. The Labute approximate surface area is 171 Å². The number of para-hydroxylation sites is 1. The van der Waals surface area contributed by atoms with Gasteiger partial charge in [0, 0.05) is 44.5 Å². The molecule has 1 aromatic heterocycles. The number of nitrogens with zero attached hydrogens (tertiary/aromatic N) is 3. The van der Waals surface area contributed by atoms with Crippen LogP contribution in [0.4, 0.5) is 9.18 Å². The Hall–Kier alpha value is -2.45. The monoisotopic (exact) mass is 403 g/mol. The van der Waals surface area contributed by atoms with Crippen LogP contribution in [-0.2, 0) is 17.7 Å². The summed E-state index contributed by atoms with van der Waals surface area (Å²) in [5.74, 6) is -0.309.